The molecule has 1 spiro atoms. The van der Waals surface area contributed by atoms with Gasteiger partial charge in [0.15, 0.2) is 5.60 Å². The third-order valence-electron chi connectivity index (χ3n) is 15.8. The Morgan fingerprint density at radius 3 is 2.25 bits per heavy atom. The van der Waals surface area contributed by atoms with Gasteiger partial charge in [0.2, 0.25) is 0 Å². The first kappa shape index (κ1) is 45.1. The number of piperidine rings is 1. The zero-order valence-corrected chi connectivity index (χ0v) is 36.8. The van der Waals surface area contributed by atoms with Crippen molar-refractivity contribution in [3.8, 4) is 0 Å². The molecule has 5 aliphatic carbocycles. The van der Waals surface area contributed by atoms with Gasteiger partial charge in [-0.1, -0.05) is 80.8 Å². The van der Waals surface area contributed by atoms with Crippen molar-refractivity contribution in [1.29, 1.82) is 0 Å². The summed E-state index contributed by atoms with van der Waals surface area (Å²) in [6, 6.07) is 8.49. The second kappa shape index (κ2) is 18.8. The number of hydrogen-bond donors (Lipinski definition) is 2. The molecule has 2 N–H and O–H groups in total. The molecule has 1 saturated heterocycles. The molecule has 7 bridgehead atoms. The Bertz CT molecular complexity index is 1720. The van der Waals surface area contributed by atoms with E-state index in [0.29, 0.717) is 18.6 Å². The van der Waals surface area contributed by atoms with Gasteiger partial charge < -0.3 is 43.5 Å². The van der Waals surface area contributed by atoms with Gasteiger partial charge in [0, 0.05) is 76.0 Å². The van der Waals surface area contributed by atoms with Crippen molar-refractivity contribution in [3.63, 3.8) is 0 Å². The first-order valence-electron chi connectivity index (χ1n) is 22.7. The van der Waals surface area contributed by atoms with E-state index >= 15 is 0 Å². The lowest BCUT2D eigenvalue weighted by Crippen LogP contribution is -2.80. The van der Waals surface area contributed by atoms with Crippen LogP contribution in [0.3, 0.4) is 0 Å². The molecule has 7 rings (SSSR count). The number of nitrogens with zero attached hydrogens (tertiary/aromatic N) is 1. The van der Waals surface area contributed by atoms with Crippen molar-refractivity contribution in [2.24, 2.45) is 34.5 Å². The Kier molecular flexibility index (Phi) is 14.2. The molecule has 1 heterocycles. The number of allylic oxidation sites excluding steroid dienone is 6. The van der Waals surface area contributed by atoms with Crippen LogP contribution in [0.5, 0.6) is 0 Å². The summed E-state index contributed by atoms with van der Waals surface area (Å²) in [6.07, 6.45) is 19.4. The van der Waals surface area contributed by atoms with Crippen LogP contribution in [0, 0.1) is 34.5 Å². The van der Waals surface area contributed by atoms with Gasteiger partial charge in [-0.15, -0.1) is 0 Å². The predicted molar refractivity (Wildman–Crippen MR) is 228 cm³/mol. The molecule has 0 aromatic heterocycles. The van der Waals surface area contributed by atoms with Crippen LogP contribution in [0.2, 0.25) is 0 Å². The maximum Gasteiger partial charge on any atom is 0.338 e. The Morgan fingerprint density at radius 2 is 1.57 bits per heavy atom. The van der Waals surface area contributed by atoms with E-state index in [1.165, 1.54) is 7.11 Å². The van der Waals surface area contributed by atoms with Crippen molar-refractivity contribution in [2.75, 3.05) is 48.6 Å². The molecule has 0 radical (unpaired) electrons. The lowest BCUT2D eigenvalue weighted by molar-refractivity contribution is -0.317. The van der Waals surface area contributed by atoms with Crippen LogP contribution in [0.1, 0.15) is 101 Å². The first-order valence-corrected chi connectivity index (χ1v) is 22.7. The van der Waals surface area contributed by atoms with E-state index in [-0.39, 0.29) is 36.3 Å². The SMILES string of the molecule is CC/C=C\C/C=C\C/C=C\CCCCCCCC(=O)O[C@]12C(O)[C@H](OC)[C@]3(O)C[C@H]([C@@H]1[C@H]3OC(=O)c1ccccc1)[C@@]13[C@@H](OC)CC[C@@]4(COC)CN(C)[C@@H]1[C@@H]2[C@H](OC)[C@H]43. The second-order valence-electron chi connectivity index (χ2n) is 18.7. The van der Waals surface area contributed by atoms with Gasteiger partial charge in [-0.05, 0) is 82.9 Å². The molecular weight excluding hydrogens is 763 g/mol. The van der Waals surface area contributed by atoms with E-state index in [0.717, 1.165) is 70.8 Å². The second-order valence-corrected chi connectivity index (χ2v) is 18.7. The van der Waals surface area contributed by atoms with Crippen molar-refractivity contribution in [1.82, 2.24) is 4.90 Å². The number of benzene rings is 1. The van der Waals surface area contributed by atoms with E-state index in [4.69, 9.17) is 28.4 Å². The largest absolute Gasteiger partial charge is 0.455 e. The van der Waals surface area contributed by atoms with E-state index < -0.39 is 70.7 Å². The molecule has 1 aliphatic heterocycles. The number of methoxy groups -OCH3 is 4. The van der Waals surface area contributed by atoms with Gasteiger partial charge in [0.25, 0.3) is 0 Å². The fraction of sp³-hybridized carbons (Fsp3) is 0.714. The van der Waals surface area contributed by atoms with Crippen molar-refractivity contribution in [3.05, 3.63) is 72.4 Å². The minimum absolute atomic E-state index is 0.119. The van der Waals surface area contributed by atoms with Crippen molar-refractivity contribution < 1.29 is 48.2 Å². The lowest BCUT2D eigenvalue weighted by Gasteiger charge is -2.69. The van der Waals surface area contributed by atoms with Gasteiger partial charge in [0.05, 0.1) is 24.4 Å². The molecule has 332 valence electrons. The van der Waals surface area contributed by atoms with E-state index in [1.807, 2.05) is 6.07 Å². The summed E-state index contributed by atoms with van der Waals surface area (Å²) in [5, 5.41) is 26.0. The monoisotopic (exact) mass is 834 g/mol. The van der Waals surface area contributed by atoms with E-state index in [2.05, 4.69) is 55.3 Å². The van der Waals surface area contributed by atoms with Crippen molar-refractivity contribution >= 4 is 11.9 Å². The summed E-state index contributed by atoms with van der Waals surface area (Å²) in [4.78, 5) is 30.9. The summed E-state index contributed by atoms with van der Waals surface area (Å²) in [7, 11) is 8.78. The number of carbonyl (C=O) groups excluding carboxylic acids is 2. The van der Waals surface area contributed by atoms with Gasteiger partial charge in [-0.2, -0.15) is 0 Å². The number of ether oxygens (including phenoxy) is 6. The predicted octanol–water partition coefficient (Wildman–Crippen LogP) is 6.86. The molecule has 60 heavy (non-hydrogen) atoms. The fourth-order valence-corrected chi connectivity index (χ4v) is 14.1. The average molecular weight is 834 g/mol. The van der Waals surface area contributed by atoms with Gasteiger partial charge in [-0.25, -0.2) is 4.79 Å². The molecule has 0 amide bonds. The summed E-state index contributed by atoms with van der Waals surface area (Å²) < 4.78 is 38.8. The zero-order chi connectivity index (χ0) is 42.7. The summed E-state index contributed by atoms with van der Waals surface area (Å²) in [6.45, 7) is 3.37. The molecule has 5 saturated carbocycles. The zero-order valence-electron chi connectivity index (χ0n) is 36.8. The minimum atomic E-state index is -1.78. The molecule has 1 unspecified atom stereocenters. The smallest absolute Gasteiger partial charge is 0.338 e. The molecule has 1 aromatic carbocycles. The number of hydrogen-bond acceptors (Lipinski definition) is 11. The molecule has 14 atom stereocenters. The Balaban J connectivity index is 1.17. The Hall–Kier alpha value is -2.90. The maximum atomic E-state index is 14.5. The summed E-state index contributed by atoms with van der Waals surface area (Å²) in [5.74, 6) is -2.86. The molecule has 1 aromatic rings. The maximum absolute atomic E-state index is 14.5. The first-order chi connectivity index (χ1) is 29.1. The third kappa shape index (κ3) is 7.25. The van der Waals surface area contributed by atoms with E-state index in [9.17, 15) is 19.8 Å². The number of aliphatic hydroxyl groups is 2. The topological polar surface area (TPSA) is 133 Å². The minimum Gasteiger partial charge on any atom is -0.455 e. The number of fused-ring (bicyclic) bond motifs is 2. The number of unbranched alkanes of at least 4 members (excludes halogenated alkanes) is 5. The van der Waals surface area contributed by atoms with Gasteiger partial charge in [0.1, 0.15) is 23.9 Å². The van der Waals surface area contributed by atoms with Gasteiger partial charge >= 0.3 is 11.9 Å². The van der Waals surface area contributed by atoms with Crippen LogP contribution in [-0.2, 0) is 33.2 Å². The third-order valence-corrected chi connectivity index (χ3v) is 15.8. The van der Waals surface area contributed by atoms with Crippen LogP contribution in [-0.4, -0.2) is 123 Å². The molecule has 11 heteroatoms. The highest BCUT2D eigenvalue weighted by molar-refractivity contribution is 5.89. The standard InChI is InChI=1S/C49H71NO10/c1-7-8-9-10-11-12-13-14-15-16-17-18-19-20-24-27-36(51)60-49-37-34(30-47(54,44(58-6)42(49)52)43(37)59-45(53)33-25-22-21-23-26-33)48-35(56-4)28-29-46(32-55-3)31-50(2)41(48)38(49)39(57-5)40(46)48/h8-9,11-12,14-15,21-23,25-26,34-35,37-44,52,54H,7,10,13,16-20,24,27-32H2,1-6H3/b9-8-,12-11-,15-14-/t34-,35+,37-,38+,39+,40-,41-,42?,43-,44+,46+,47+,48+,49-/m1/s1. The van der Waals surface area contributed by atoms with Crippen LogP contribution in [0.15, 0.2) is 66.8 Å². The lowest BCUT2D eigenvalue weighted by atomic mass is 9.43. The van der Waals surface area contributed by atoms with Crippen molar-refractivity contribution in [2.45, 2.75) is 138 Å². The summed E-state index contributed by atoms with van der Waals surface area (Å²) >= 11 is 0. The van der Waals surface area contributed by atoms with Crippen LogP contribution < -0.4 is 0 Å². The highest BCUT2D eigenvalue weighted by Gasteiger charge is 2.91. The fourth-order valence-electron chi connectivity index (χ4n) is 14.1. The number of esters is 2. The molecule has 6 aliphatic rings. The van der Waals surface area contributed by atoms with Crippen LogP contribution >= 0.6 is 0 Å². The molecule has 11 nitrogen and oxygen atoms in total. The molecular formula is C49H71NO10. The van der Waals surface area contributed by atoms with Gasteiger partial charge in [-0.3, -0.25) is 4.79 Å². The number of aliphatic hydroxyl groups excluding tert-OH is 1. The molecule has 6 fully saturated rings. The number of carbonyl (C=O) groups is 2. The number of rotatable bonds is 21. The Morgan fingerprint density at radius 1 is 0.867 bits per heavy atom. The van der Waals surface area contributed by atoms with Crippen LogP contribution in [0.4, 0.5) is 0 Å². The Labute approximate surface area is 357 Å². The van der Waals surface area contributed by atoms with Crippen LogP contribution in [0.25, 0.3) is 0 Å². The summed E-state index contributed by atoms with van der Waals surface area (Å²) in [5.41, 5.74) is -4.02. The van der Waals surface area contributed by atoms with E-state index in [1.54, 1.807) is 45.6 Å². The highest BCUT2D eigenvalue weighted by atomic mass is 16.6. The number of likely N-dealkylation sites (tertiary alicyclic amines) is 1. The normalized spacial score (nSPS) is 40.2. The highest BCUT2D eigenvalue weighted by Crippen LogP contribution is 2.80. The quantitative estimate of drug-likeness (QED) is 0.0766. The average Bonchev–Trinajstić information content (AvgIpc) is 3.64.